The lowest BCUT2D eigenvalue weighted by atomic mass is 9.96. The van der Waals surface area contributed by atoms with Gasteiger partial charge in [-0.15, -0.1) is 0 Å². The van der Waals surface area contributed by atoms with Crippen LogP contribution in [0.5, 0.6) is 0 Å². The Balaban J connectivity index is 1.95. The second-order valence-electron chi connectivity index (χ2n) is 25.7. The molecule has 0 spiro atoms. The van der Waals surface area contributed by atoms with Crippen molar-refractivity contribution in [3.63, 3.8) is 0 Å². The molecule has 0 saturated heterocycles. The van der Waals surface area contributed by atoms with Crippen molar-refractivity contribution in [1.82, 2.24) is 4.44 Å². The SMILES string of the molecule is CCCC[Si](CCCC)(CCCC)c1ccc(P(c2ccc([Si](CCCC)(CCCC)CCCC)cc2)N(C2CCCCC2)P(c2cccc([Si](CCC)(CCC)CCC)c2)c2cccc([Si](CCC)(CCC)CCC)c2)cc1. The minimum absolute atomic E-state index is 0.546. The Morgan fingerprint density at radius 2 is 0.582 bits per heavy atom. The van der Waals surface area contributed by atoms with Crippen molar-refractivity contribution in [2.45, 2.75) is 309 Å². The van der Waals surface area contributed by atoms with Gasteiger partial charge in [-0.1, -0.05) is 408 Å². The maximum absolute atomic E-state index is 3.36. The van der Waals surface area contributed by atoms with E-state index in [0.29, 0.717) is 6.04 Å². The molecule has 1 saturated carbocycles. The average Bonchev–Trinajstić information content (AvgIpc) is 3.61. The molecule has 5 rings (SSSR count). The van der Waals surface area contributed by atoms with Crippen molar-refractivity contribution in [1.29, 1.82) is 0 Å². The van der Waals surface area contributed by atoms with Gasteiger partial charge in [-0.05, 0) is 34.1 Å². The molecule has 0 bridgehead atoms. The fourth-order valence-corrected chi connectivity index (χ4v) is 44.2. The predicted octanol–water partition coefficient (Wildman–Crippen LogP) is 20.6. The Hall–Kier alpha value is -1.43. The summed E-state index contributed by atoms with van der Waals surface area (Å²) < 4.78 is 3.36. The van der Waals surface area contributed by atoms with E-state index in [1.165, 1.54) is 220 Å². The van der Waals surface area contributed by atoms with Crippen LogP contribution < -0.4 is 42.0 Å². The van der Waals surface area contributed by atoms with Crippen molar-refractivity contribution < 1.29 is 0 Å². The van der Waals surface area contributed by atoms with Gasteiger partial charge in [0.15, 0.2) is 0 Å². The van der Waals surface area contributed by atoms with Crippen molar-refractivity contribution in [3.05, 3.63) is 97.1 Å². The molecule has 1 nitrogen and oxygen atoms in total. The van der Waals surface area contributed by atoms with Crippen molar-refractivity contribution in [2.75, 3.05) is 0 Å². The minimum atomic E-state index is -1.75. The summed E-state index contributed by atoms with van der Waals surface area (Å²) in [6.45, 7) is 29.5. The molecule has 0 atom stereocenters. The van der Waals surface area contributed by atoms with Crippen LogP contribution in [0.25, 0.3) is 0 Å². The normalized spacial score (nSPS) is 14.1. The monoisotopic (exact) mass is 1180 g/mol. The Bertz CT molecular complexity index is 2020. The van der Waals surface area contributed by atoms with Crippen molar-refractivity contribution >= 4 is 90.4 Å². The number of benzene rings is 4. The fourth-order valence-electron chi connectivity index (χ4n) is 15.5. The van der Waals surface area contributed by atoms with Crippen LogP contribution in [-0.4, -0.2) is 42.8 Å². The van der Waals surface area contributed by atoms with E-state index in [1.807, 2.05) is 0 Å². The van der Waals surface area contributed by atoms with E-state index in [9.17, 15) is 0 Å². The number of unbranched alkanes of at least 4 members (excludes halogenated alkanes) is 6. The first-order chi connectivity index (χ1) is 38.6. The Morgan fingerprint density at radius 1 is 0.304 bits per heavy atom. The molecular weight excluding hydrogens is 1050 g/mol. The van der Waals surface area contributed by atoms with Crippen LogP contribution in [0.1, 0.15) is 231 Å². The third kappa shape index (κ3) is 18.3. The zero-order valence-electron chi connectivity index (χ0n) is 53.9. The highest BCUT2D eigenvalue weighted by molar-refractivity contribution is 7.84. The number of rotatable bonds is 41. The van der Waals surface area contributed by atoms with Crippen LogP contribution in [0.4, 0.5) is 0 Å². The molecule has 0 radical (unpaired) electrons. The molecule has 4 aromatic carbocycles. The lowest BCUT2D eigenvalue weighted by Gasteiger charge is -2.46. The zero-order valence-corrected chi connectivity index (χ0v) is 59.7. The highest BCUT2D eigenvalue weighted by Crippen LogP contribution is 2.58. The van der Waals surface area contributed by atoms with Gasteiger partial charge in [-0.3, -0.25) is 0 Å². The topological polar surface area (TPSA) is 3.24 Å². The first-order valence-electron chi connectivity index (χ1n) is 34.4. The lowest BCUT2D eigenvalue weighted by Crippen LogP contribution is -2.50. The zero-order chi connectivity index (χ0) is 57.0. The molecule has 0 heterocycles. The van der Waals surface area contributed by atoms with Gasteiger partial charge in [0.1, 0.15) is 0 Å². The molecule has 1 aliphatic carbocycles. The standard InChI is InChI=1S/C72H123NP2Si4/c1-13-25-56-78(57-26-14-2,58-27-15-3)69-46-42-65(43-47-69)74(66-44-48-70(49-45-66)79(59-28-16-4,60-29-17-5)61-30-18-6)73(64-36-32-31-33-37-64)75(67-38-34-40-71(62-67)76(50-19-7,51-20-8)52-21-9)68-39-35-41-72(63-68)77(53-22-10,54-23-11)55-24-12/h34-35,38-49,62-64H,13-33,36-37,50-61H2,1-12H3. The third-order valence-electron chi connectivity index (χ3n) is 19.6. The first kappa shape index (κ1) is 68.3. The second-order valence-corrected chi connectivity index (χ2v) is 48.7. The van der Waals surface area contributed by atoms with Crippen LogP contribution in [0.3, 0.4) is 0 Å². The van der Waals surface area contributed by atoms with Crippen LogP contribution in [0.2, 0.25) is 72.5 Å². The Morgan fingerprint density at radius 3 is 0.861 bits per heavy atom. The highest BCUT2D eigenvalue weighted by Gasteiger charge is 2.42. The summed E-state index contributed by atoms with van der Waals surface area (Å²) in [5.41, 5.74) is 0. The van der Waals surface area contributed by atoms with Gasteiger partial charge in [-0.2, -0.15) is 0 Å². The summed E-state index contributed by atoms with van der Waals surface area (Å²) >= 11 is 0. The predicted molar refractivity (Wildman–Crippen MR) is 377 cm³/mol. The number of hydrogen-bond acceptors (Lipinski definition) is 1. The summed E-state index contributed by atoms with van der Waals surface area (Å²) in [5.74, 6) is 0. The Labute approximate surface area is 498 Å². The van der Waals surface area contributed by atoms with E-state index in [-0.39, 0.29) is 0 Å². The maximum Gasteiger partial charge on any atom is 0.0867 e. The van der Waals surface area contributed by atoms with E-state index in [4.69, 9.17) is 0 Å². The van der Waals surface area contributed by atoms with Gasteiger partial charge >= 0.3 is 0 Å². The largest absolute Gasteiger partial charge is 0.242 e. The minimum Gasteiger partial charge on any atom is -0.242 e. The van der Waals surface area contributed by atoms with E-state index in [2.05, 4.69) is 185 Å². The molecule has 0 unspecified atom stereocenters. The van der Waals surface area contributed by atoms with Crippen LogP contribution in [0, 0.1) is 0 Å². The second kappa shape index (κ2) is 36.4. The fraction of sp³-hybridized carbons (Fsp3) is 0.667. The third-order valence-corrected chi connectivity index (χ3v) is 48.0. The molecule has 1 fully saturated rings. The van der Waals surface area contributed by atoms with Crippen molar-refractivity contribution in [2.24, 2.45) is 0 Å². The molecule has 0 N–H and O–H groups in total. The Kier molecular flexibility index (Phi) is 31.5. The molecule has 0 amide bonds. The van der Waals surface area contributed by atoms with Crippen LogP contribution in [-0.2, 0) is 0 Å². The van der Waals surface area contributed by atoms with E-state index in [0.717, 1.165) is 0 Å². The van der Waals surface area contributed by atoms with Crippen LogP contribution >= 0.6 is 16.1 Å². The number of hydrogen-bond donors (Lipinski definition) is 0. The summed E-state index contributed by atoms with van der Waals surface area (Å²) in [6.07, 6.45) is 30.7. The van der Waals surface area contributed by atoms with Crippen molar-refractivity contribution in [3.8, 4) is 0 Å². The van der Waals surface area contributed by atoms with E-state index < -0.39 is 48.4 Å². The van der Waals surface area contributed by atoms with E-state index in [1.54, 1.807) is 42.0 Å². The van der Waals surface area contributed by atoms with Crippen LogP contribution in [0.15, 0.2) is 97.1 Å². The van der Waals surface area contributed by atoms with Gasteiger partial charge in [0.25, 0.3) is 0 Å². The number of nitrogens with zero attached hydrogens (tertiary/aromatic N) is 1. The first-order valence-corrected chi connectivity index (χ1v) is 47.5. The maximum atomic E-state index is 3.36. The summed E-state index contributed by atoms with van der Waals surface area (Å²) in [5, 5.41) is 13.6. The highest BCUT2D eigenvalue weighted by atomic mass is 31.2. The molecule has 1 aliphatic rings. The lowest BCUT2D eigenvalue weighted by molar-refractivity contribution is 0.355. The smallest absolute Gasteiger partial charge is 0.0867 e. The van der Waals surface area contributed by atoms with Gasteiger partial charge < -0.3 is 0 Å². The van der Waals surface area contributed by atoms with Gasteiger partial charge in [0.05, 0.1) is 32.3 Å². The summed E-state index contributed by atoms with van der Waals surface area (Å²) in [4.78, 5) is 0. The molecular formula is C72H123NP2Si4. The summed E-state index contributed by atoms with van der Waals surface area (Å²) in [6, 6.07) is 61.5. The molecule has 0 aliphatic heterocycles. The molecule has 79 heavy (non-hydrogen) atoms. The molecule has 7 heteroatoms. The van der Waals surface area contributed by atoms with Gasteiger partial charge in [0, 0.05) is 22.2 Å². The van der Waals surface area contributed by atoms with Gasteiger partial charge in [0.2, 0.25) is 0 Å². The average molecular weight is 1180 g/mol. The molecule has 442 valence electrons. The molecule has 0 aromatic heterocycles. The van der Waals surface area contributed by atoms with E-state index >= 15 is 0 Å². The molecule has 4 aromatic rings. The van der Waals surface area contributed by atoms with Gasteiger partial charge in [-0.25, -0.2) is 4.44 Å². The summed E-state index contributed by atoms with van der Waals surface area (Å²) in [7, 11) is -8.67. The quantitative estimate of drug-likeness (QED) is 0.0316.